The Morgan fingerprint density at radius 3 is 2.43 bits per heavy atom. The summed E-state index contributed by atoms with van der Waals surface area (Å²) in [6.45, 7) is 1.02. The zero-order chi connectivity index (χ0) is 21.1. The first-order valence-electron chi connectivity index (χ1n) is 10.1. The summed E-state index contributed by atoms with van der Waals surface area (Å²) in [5.41, 5.74) is 6.87. The predicted octanol–water partition coefficient (Wildman–Crippen LogP) is 2.09. The first-order valence-corrected chi connectivity index (χ1v) is 10.1. The molecule has 1 aliphatic carbocycles. The molecular weight excluding hydrogens is 387 g/mol. The van der Waals surface area contributed by atoms with Crippen LogP contribution in [0, 0.1) is 11.7 Å². The second kappa shape index (κ2) is 8.44. The molecule has 1 aliphatic heterocycles. The number of carbonyl (C=O) groups is 2. The van der Waals surface area contributed by atoms with E-state index in [1.54, 1.807) is 4.90 Å². The maximum Gasteiger partial charge on any atom is 0.226 e. The molecule has 0 bridgehead atoms. The number of nitrogens with two attached hydrogens (primary N) is 1. The van der Waals surface area contributed by atoms with Gasteiger partial charge >= 0.3 is 0 Å². The van der Waals surface area contributed by atoms with Crippen LogP contribution < -0.4 is 10.5 Å². The number of hydrogen-bond acceptors (Lipinski definition) is 4. The van der Waals surface area contributed by atoms with Crippen LogP contribution in [0.15, 0.2) is 48.5 Å². The summed E-state index contributed by atoms with van der Waals surface area (Å²) in [5.74, 6) is -0.480. The number of morpholine rings is 1. The standard InChI is InChI=1S/C23H25FN2O4/c24-19-5-7-20(8-6-19)29-15-23(13-21(25)27)14-26(9-10-30-23)22(28)18-11-16-3-1-2-4-17(16)12-18/h1-8,18H,9-15H2,(H2,25,27)/t23-/m0/s1. The Morgan fingerprint density at radius 1 is 1.13 bits per heavy atom. The molecule has 0 spiro atoms. The zero-order valence-corrected chi connectivity index (χ0v) is 16.7. The minimum absolute atomic E-state index is 0.0379. The maximum atomic E-state index is 13.2. The molecule has 4 rings (SSSR count). The van der Waals surface area contributed by atoms with Crippen LogP contribution in [-0.2, 0) is 27.2 Å². The summed E-state index contributed by atoms with van der Waals surface area (Å²) in [4.78, 5) is 26.7. The first-order chi connectivity index (χ1) is 14.4. The highest BCUT2D eigenvalue weighted by atomic mass is 19.1. The fourth-order valence-corrected chi connectivity index (χ4v) is 4.33. The van der Waals surface area contributed by atoms with E-state index in [4.69, 9.17) is 15.2 Å². The van der Waals surface area contributed by atoms with E-state index in [1.807, 2.05) is 12.1 Å². The van der Waals surface area contributed by atoms with Gasteiger partial charge in [0, 0.05) is 12.5 Å². The van der Waals surface area contributed by atoms with Gasteiger partial charge in [0.15, 0.2) is 0 Å². The Hall–Kier alpha value is -2.93. The molecule has 6 nitrogen and oxygen atoms in total. The molecule has 1 saturated heterocycles. The quantitative estimate of drug-likeness (QED) is 0.788. The average Bonchev–Trinajstić information content (AvgIpc) is 3.17. The van der Waals surface area contributed by atoms with Gasteiger partial charge in [0.1, 0.15) is 23.8 Å². The van der Waals surface area contributed by atoms with Gasteiger partial charge in [0.05, 0.1) is 19.6 Å². The number of fused-ring (bicyclic) bond motifs is 1. The normalized spacial score (nSPS) is 21.3. The lowest BCUT2D eigenvalue weighted by Crippen LogP contribution is -2.58. The van der Waals surface area contributed by atoms with Crippen LogP contribution in [0.2, 0.25) is 0 Å². The SMILES string of the molecule is NC(=O)C[C@@]1(COc2ccc(F)cc2)CN(C(=O)C2Cc3ccccc3C2)CCO1. The van der Waals surface area contributed by atoms with Gasteiger partial charge in [0.25, 0.3) is 0 Å². The van der Waals surface area contributed by atoms with Gasteiger partial charge in [-0.1, -0.05) is 24.3 Å². The molecule has 2 aromatic rings. The van der Waals surface area contributed by atoms with E-state index in [9.17, 15) is 14.0 Å². The van der Waals surface area contributed by atoms with Crippen molar-refractivity contribution in [3.8, 4) is 5.75 Å². The molecule has 158 valence electrons. The molecule has 0 saturated carbocycles. The van der Waals surface area contributed by atoms with Gasteiger partial charge in [-0.2, -0.15) is 0 Å². The van der Waals surface area contributed by atoms with Gasteiger partial charge in [-0.3, -0.25) is 9.59 Å². The molecule has 7 heteroatoms. The number of benzene rings is 2. The number of carbonyl (C=O) groups excluding carboxylic acids is 2. The van der Waals surface area contributed by atoms with E-state index < -0.39 is 11.5 Å². The Labute approximate surface area is 174 Å². The number of hydrogen-bond donors (Lipinski definition) is 1. The number of amides is 2. The molecule has 2 aromatic carbocycles. The summed E-state index contributed by atoms with van der Waals surface area (Å²) < 4.78 is 24.8. The highest BCUT2D eigenvalue weighted by Crippen LogP contribution is 2.30. The number of ether oxygens (including phenoxy) is 2. The van der Waals surface area contributed by atoms with Crippen molar-refractivity contribution in [3.05, 3.63) is 65.5 Å². The molecule has 0 radical (unpaired) electrons. The van der Waals surface area contributed by atoms with E-state index in [2.05, 4.69) is 12.1 Å². The highest BCUT2D eigenvalue weighted by molar-refractivity contribution is 5.81. The van der Waals surface area contributed by atoms with E-state index in [1.165, 1.54) is 35.4 Å². The lowest BCUT2D eigenvalue weighted by Gasteiger charge is -2.42. The Kier molecular flexibility index (Phi) is 5.72. The third-order valence-corrected chi connectivity index (χ3v) is 5.77. The van der Waals surface area contributed by atoms with Gasteiger partial charge in [0.2, 0.25) is 11.8 Å². The fraction of sp³-hybridized carbons (Fsp3) is 0.391. The second-order valence-corrected chi connectivity index (χ2v) is 8.05. The molecule has 2 N–H and O–H groups in total. The van der Waals surface area contributed by atoms with Gasteiger partial charge in [-0.25, -0.2) is 4.39 Å². The largest absolute Gasteiger partial charge is 0.490 e. The topological polar surface area (TPSA) is 81.9 Å². The molecule has 1 fully saturated rings. The minimum Gasteiger partial charge on any atom is -0.490 e. The van der Waals surface area contributed by atoms with Crippen molar-refractivity contribution in [2.45, 2.75) is 24.9 Å². The minimum atomic E-state index is -1.03. The molecule has 0 aromatic heterocycles. The number of primary amides is 1. The van der Waals surface area contributed by atoms with Crippen molar-refractivity contribution in [1.29, 1.82) is 0 Å². The van der Waals surface area contributed by atoms with Crippen molar-refractivity contribution < 1.29 is 23.5 Å². The van der Waals surface area contributed by atoms with Crippen molar-refractivity contribution in [3.63, 3.8) is 0 Å². The lowest BCUT2D eigenvalue weighted by atomic mass is 9.95. The van der Waals surface area contributed by atoms with Crippen molar-refractivity contribution in [1.82, 2.24) is 4.90 Å². The molecule has 2 amide bonds. The van der Waals surface area contributed by atoms with Crippen LogP contribution >= 0.6 is 0 Å². The van der Waals surface area contributed by atoms with Crippen LogP contribution in [0.1, 0.15) is 17.5 Å². The van der Waals surface area contributed by atoms with Crippen LogP contribution in [0.5, 0.6) is 5.75 Å². The molecule has 30 heavy (non-hydrogen) atoms. The van der Waals surface area contributed by atoms with Crippen LogP contribution in [-0.4, -0.2) is 48.6 Å². The zero-order valence-electron chi connectivity index (χ0n) is 16.7. The third-order valence-electron chi connectivity index (χ3n) is 5.77. The highest BCUT2D eigenvalue weighted by Gasteiger charge is 2.42. The smallest absolute Gasteiger partial charge is 0.226 e. The summed E-state index contributed by atoms with van der Waals surface area (Å²) in [5, 5.41) is 0. The molecule has 0 unspecified atom stereocenters. The summed E-state index contributed by atoms with van der Waals surface area (Å²) in [7, 11) is 0. The van der Waals surface area contributed by atoms with Gasteiger partial charge in [-0.15, -0.1) is 0 Å². The Balaban J connectivity index is 1.46. The number of halogens is 1. The first kappa shape index (κ1) is 20.3. The van der Waals surface area contributed by atoms with Crippen molar-refractivity contribution in [2.75, 3.05) is 26.3 Å². The van der Waals surface area contributed by atoms with Crippen molar-refractivity contribution >= 4 is 11.8 Å². The summed E-state index contributed by atoms with van der Waals surface area (Å²) >= 11 is 0. The monoisotopic (exact) mass is 412 g/mol. The molecular formula is C23H25FN2O4. The van der Waals surface area contributed by atoms with E-state index in [0.717, 1.165) is 12.8 Å². The van der Waals surface area contributed by atoms with Crippen molar-refractivity contribution in [2.24, 2.45) is 11.7 Å². The number of nitrogens with zero attached hydrogens (tertiary/aromatic N) is 1. The Morgan fingerprint density at radius 2 is 1.80 bits per heavy atom. The molecule has 2 aliphatic rings. The van der Waals surface area contributed by atoms with E-state index in [-0.39, 0.29) is 37.2 Å². The lowest BCUT2D eigenvalue weighted by molar-refractivity contribution is -0.164. The van der Waals surface area contributed by atoms with Gasteiger partial charge < -0.3 is 20.1 Å². The third kappa shape index (κ3) is 4.46. The summed E-state index contributed by atoms with van der Waals surface area (Å²) in [6.07, 6.45) is 1.38. The van der Waals surface area contributed by atoms with Crippen LogP contribution in [0.25, 0.3) is 0 Å². The van der Waals surface area contributed by atoms with Gasteiger partial charge in [-0.05, 0) is 48.2 Å². The van der Waals surface area contributed by atoms with E-state index in [0.29, 0.717) is 18.9 Å². The maximum absolute atomic E-state index is 13.2. The molecule has 1 heterocycles. The average molecular weight is 412 g/mol. The molecule has 1 atom stereocenters. The Bertz CT molecular complexity index is 908. The van der Waals surface area contributed by atoms with E-state index >= 15 is 0 Å². The summed E-state index contributed by atoms with van der Waals surface area (Å²) in [6, 6.07) is 13.7. The fourth-order valence-electron chi connectivity index (χ4n) is 4.33. The van der Waals surface area contributed by atoms with Crippen LogP contribution in [0.4, 0.5) is 4.39 Å². The van der Waals surface area contributed by atoms with Crippen LogP contribution in [0.3, 0.4) is 0 Å². The number of rotatable bonds is 6. The predicted molar refractivity (Wildman–Crippen MR) is 108 cm³/mol. The second-order valence-electron chi connectivity index (χ2n) is 8.05.